The second-order valence-electron chi connectivity index (χ2n) is 4.72. The van der Waals surface area contributed by atoms with E-state index in [1.807, 2.05) is 6.07 Å². The van der Waals surface area contributed by atoms with Gasteiger partial charge in [-0.15, -0.1) is 0 Å². The summed E-state index contributed by atoms with van der Waals surface area (Å²) in [4.78, 5) is 26.2. The maximum atomic E-state index is 12.3. The van der Waals surface area contributed by atoms with Gasteiger partial charge in [0, 0.05) is 24.8 Å². The predicted molar refractivity (Wildman–Crippen MR) is 75.1 cm³/mol. The van der Waals surface area contributed by atoms with Gasteiger partial charge in [0.1, 0.15) is 0 Å². The number of hydrogen-bond acceptors (Lipinski definition) is 4. The Balaban J connectivity index is 1.77. The summed E-state index contributed by atoms with van der Waals surface area (Å²) in [6, 6.07) is 10.4. The zero-order valence-corrected chi connectivity index (χ0v) is 11.4. The zero-order valence-electron chi connectivity index (χ0n) is 11.4. The van der Waals surface area contributed by atoms with Crippen LogP contribution in [0.5, 0.6) is 0 Å². The molecule has 0 N–H and O–H groups in total. The van der Waals surface area contributed by atoms with Crippen LogP contribution in [0.1, 0.15) is 20.8 Å². The van der Waals surface area contributed by atoms with E-state index < -0.39 is 0 Å². The maximum absolute atomic E-state index is 12.3. The van der Waals surface area contributed by atoms with Gasteiger partial charge in [0.05, 0.1) is 13.2 Å². The summed E-state index contributed by atoms with van der Waals surface area (Å²) < 4.78 is 6.41. The lowest BCUT2D eigenvalue weighted by Gasteiger charge is -2.25. The van der Waals surface area contributed by atoms with Gasteiger partial charge in [-0.25, -0.2) is 4.68 Å². The third-order valence-corrected chi connectivity index (χ3v) is 3.34. The van der Waals surface area contributed by atoms with Crippen molar-refractivity contribution < 1.29 is 14.3 Å². The molecule has 1 amide bonds. The summed E-state index contributed by atoms with van der Waals surface area (Å²) >= 11 is 0. The number of benzene rings is 1. The number of carbonyl (C=O) groups is 2. The van der Waals surface area contributed by atoms with E-state index in [0.29, 0.717) is 31.9 Å². The Bertz CT molecular complexity index is 645. The molecule has 2 aromatic rings. The lowest BCUT2D eigenvalue weighted by atomic mass is 10.2. The van der Waals surface area contributed by atoms with Gasteiger partial charge in [-0.05, 0) is 18.2 Å². The van der Waals surface area contributed by atoms with Crippen LogP contribution in [0.15, 0.2) is 42.6 Å². The molecule has 3 rings (SSSR count). The molecule has 1 aromatic heterocycles. The average molecular weight is 285 g/mol. The first-order chi connectivity index (χ1) is 10.3. The lowest BCUT2D eigenvalue weighted by Crippen LogP contribution is -2.40. The molecule has 1 aliphatic rings. The Morgan fingerprint density at radius 1 is 1.00 bits per heavy atom. The number of carbonyl (C=O) groups excluding carboxylic acids is 2. The van der Waals surface area contributed by atoms with E-state index in [9.17, 15) is 9.59 Å². The fraction of sp³-hybridized carbons (Fsp3) is 0.267. The highest BCUT2D eigenvalue weighted by atomic mass is 16.5. The first kappa shape index (κ1) is 13.5. The van der Waals surface area contributed by atoms with Gasteiger partial charge in [-0.2, -0.15) is 5.10 Å². The molecular weight excluding hydrogens is 270 g/mol. The van der Waals surface area contributed by atoms with Gasteiger partial charge in [0.2, 0.25) is 0 Å². The molecular formula is C15H15N3O3. The van der Waals surface area contributed by atoms with E-state index >= 15 is 0 Å². The van der Waals surface area contributed by atoms with E-state index in [2.05, 4.69) is 5.10 Å². The number of hydrogen-bond donors (Lipinski definition) is 0. The molecule has 21 heavy (non-hydrogen) atoms. The molecule has 0 bridgehead atoms. The van der Waals surface area contributed by atoms with Crippen molar-refractivity contribution in [2.24, 2.45) is 0 Å². The Morgan fingerprint density at radius 3 is 2.43 bits per heavy atom. The van der Waals surface area contributed by atoms with Crippen LogP contribution < -0.4 is 0 Å². The number of rotatable bonds is 2. The van der Waals surface area contributed by atoms with Crippen molar-refractivity contribution in [2.45, 2.75) is 0 Å². The second kappa shape index (κ2) is 5.88. The third-order valence-electron chi connectivity index (χ3n) is 3.34. The molecule has 0 saturated carbocycles. The Hall–Kier alpha value is -2.47. The largest absolute Gasteiger partial charge is 0.378 e. The molecule has 6 nitrogen and oxygen atoms in total. The molecule has 0 spiro atoms. The highest BCUT2D eigenvalue weighted by Gasteiger charge is 2.21. The molecule has 0 atom stereocenters. The lowest BCUT2D eigenvalue weighted by molar-refractivity contribution is 0.0298. The van der Waals surface area contributed by atoms with Crippen LogP contribution in [0.25, 0.3) is 0 Å². The first-order valence-corrected chi connectivity index (χ1v) is 6.78. The monoisotopic (exact) mass is 285 g/mol. The third kappa shape index (κ3) is 2.85. The standard InChI is InChI=1S/C15H15N3O3/c19-14(12-4-2-1-3-5-12)18-7-6-13(16-18)15(20)17-8-10-21-11-9-17/h1-7H,8-11H2. The summed E-state index contributed by atoms with van der Waals surface area (Å²) in [5.41, 5.74) is 0.812. The SMILES string of the molecule is O=C(c1ccn(C(=O)c2ccccc2)n1)N1CCOCC1. The molecule has 2 heterocycles. The highest BCUT2D eigenvalue weighted by Crippen LogP contribution is 2.07. The van der Waals surface area contributed by atoms with E-state index in [0.717, 1.165) is 0 Å². The normalized spacial score (nSPS) is 15.0. The second-order valence-corrected chi connectivity index (χ2v) is 4.72. The van der Waals surface area contributed by atoms with Crippen LogP contribution in [0.3, 0.4) is 0 Å². The van der Waals surface area contributed by atoms with Gasteiger partial charge < -0.3 is 9.64 Å². The van der Waals surface area contributed by atoms with E-state index in [1.54, 1.807) is 35.2 Å². The van der Waals surface area contributed by atoms with Crippen LogP contribution in [-0.4, -0.2) is 52.8 Å². The van der Waals surface area contributed by atoms with Crippen molar-refractivity contribution in [3.63, 3.8) is 0 Å². The van der Waals surface area contributed by atoms with Gasteiger partial charge in [-0.1, -0.05) is 18.2 Å². The number of amides is 1. The van der Waals surface area contributed by atoms with Crippen LogP contribution >= 0.6 is 0 Å². The number of ether oxygens (including phenoxy) is 1. The molecule has 0 aliphatic carbocycles. The van der Waals surface area contributed by atoms with Crippen molar-refractivity contribution in [1.82, 2.24) is 14.7 Å². The van der Waals surface area contributed by atoms with E-state index in [1.165, 1.54) is 10.9 Å². The van der Waals surface area contributed by atoms with E-state index in [-0.39, 0.29) is 17.5 Å². The van der Waals surface area contributed by atoms with Crippen LogP contribution in [0.4, 0.5) is 0 Å². The van der Waals surface area contributed by atoms with Gasteiger partial charge in [0.15, 0.2) is 5.69 Å². The molecule has 1 aliphatic heterocycles. The van der Waals surface area contributed by atoms with E-state index in [4.69, 9.17) is 4.74 Å². The fourth-order valence-corrected chi connectivity index (χ4v) is 2.19. The number of nitrogens with zero attached hydrogens (tertiary/aromatic N) is 3. The minimum Gasteiger partial charge on any atom is -0.378 e. The molecule has 6 heteroatoms. The highest BCUT2D eigenvalue weighted by molar-refractivity contribution is 5.97. The van der Waals surface area contributed by atoms with Crippen molar-refractivity contribution in [3.05, 3.63) is 53.9 Å². The van der Waals surface area contributed by atoms with Crippen LogP contribution in [0, 0.1) is 0 Å². The van der Waals surface area contributed by atoms with Crippen LogP contribution in [-0.2, 0) is 4.74 Å². The topological polar surface area (TPSA) is 64.4 Å². The maximum Gasteiger partial charge on any atom is 0.278 e. The van der Waals surface area contributed by atoms with Crippen molar-refractivity contribution in [3.8, 4) is 0 Å². The Kier molecular flexibility index (Phi) is 3.79. The Labute approximate surface area is 121 Å². The van der Waals surface area contributed by atoms with Gasteiger partial charge in [-0.3, -0.25) is 9.59 Å². The number of morpholine rings is 1. The molecule has 1 saturated heterocycles. The summed E-state index contributed by atoms with van der Waals surface area (Å²) in [5, 5.41) is 4.10. The number of aromatic nitrogens is 2. The summed E-state index contributed by atoms with van der Waals surface area (Å²) in [6.07, 6.45) is 1.52. The minimum absolute atomic E-state index is 0.169. The molecule has 0 unspecified atom stereocenters. The van der Waals surface area contributed by atoms with Gasteiger partial charge >= 0.3 is 0 Å². The van der Waals surface area contributed by atoms with Crippen molar-refractivity contribution in [2.75, 3.05) is 26.3 Å². The first-order valence-electron chi connectivity index (χ1n) is 6.78. The molecule has 1 fully saturated rings. The molecule has 108 valence electrons. The zero-order chi connectivity index (χ0) is 14.7. The summed E-state index contributed by atoms with van der Waals surface area (Å²) in [5.74, 6) is -0.422. The fourth-order valence-electron chi connectivity index (χ4n) is 2.19. The Morgan fingerprint density at radius 2 is 1.71 bits per heavy atom. The molecule has 1 aromatic carbocycles. The average Bonchev–Trinajstić information content (AvgIpc) is 3.05. The predicted octanol–water partition coefficient (Wildman–Crippen LogP) is 1.04. The summed E-state index contributed by atoms with van der Waals surface area (Å²) in [7, 11) is 0. The quantitative estimate of drug-likeness (QED) is 0.827. The minimum atomic E-state index is -0.253. The van der Waals surface area contributed by atoms with Gasteiger partial charge in [0.25, 0.3) is 11.8 Å². The van der Waals surface area contributed by atoms with Crippen molar-refractivity contribution in [1.29, 1.82) is 0 Å². The summed E-state index contributed by atoms with van der Waals surface area (Å²) in [6.45, 7) is 2.18. The molecule has 0 radical (unpaired) electrons. The smallest absolute Gasteiger partial charge is 0.278 e. The van der Waals surface area contributed by atoms with Crippen LogP contribution in [0.2, 0.25) is 0 Å². The van der Waals surface area contributed by atoms with Crippen molar-refractivity contribution >= 4 is 11.8 Å².